The predicted molar refractivity (Wildman–Crippen MR) is 82.9 cm³/mol. The summed E-state index contributed by atoms with van der Waals surface area (Å²) in [4.78, 5) is 8.34. The third kappa shape index (κ3) is 3.31. The molecule has 3 rings (SSSR count). The minimum absolute atomic E-state index is 0. The highest BCUT2D eigenvalue weighted by Gasteiger charge is 2.06. The molecule has 0 aliphatic heterocycles. The molecular formula is C16H14ClF2N3. The van der Waals surface area contributed by atoms with E-state index in [9.17, 15) is 8.78 Å². The van der Waals surface area contributed by atoms with Crippen LogP contribution in [0.5, 0.6) is 0 Å². The first kappa shape index (κ1) is 16.1. The molecule has 0 unspecified atom stereocenters. The SMILES string of the molecule is Cc1nccn1Cc1cncc(-c2ccc(F)c(F)c2)c1.Cl. The largest absolute Gasteiger partial charge is 0.331 e. The van der Waals surface area contributed by atoms with Crippen molar-refractivity contribution in [1.82, 2.24) is 14.5 Å². The number of aryl methyl sites for hydroxylation is 1. The van der Waals surface area contributed by atoms with E-state index in [2.05, 4.69) is 9.97 Å². The molecule has 1 aromatic carbocycles. The summed E-state index contributed by atoms with van der Waals surface area (Å²) in [6.45, 7) is 2.56. The molecule has 0 spiro atoms. The van der Waals surface area contributed by atoms with Gasteiger partial charge in [-0.1, -0.05) is 6.07 Å². The van der Waals surface area contributed by atoms with Crippen LogP contribution in [0.3, 0.4) is 0 Å². The number of pyridine rings is 1. The van der Waals surface area contributed by atoms with Crippen molar-refractivity contribution in [1.29, 1.82) is 0 Å². The molecule has 0 fully saturated rings. The van der Waals surface area contributed by atoms with Crippen molar-refractivity contribution in [3.05, 3.63) is 72.1 Å². The first-order valence-corrected chi connectivity index (χ1v) is 6.50. The normalized spacial score (nSPS) is 10.3. The van der Waals surface area contributed by atoms with E-state index < -0.39 is 11.6 Å². The number of benzene rings is 1. The Labute approximate surface area is 133 Å². The lowest BCUT2D eigenvalue weighted by Gasteiger charge is -2.07. The average Bonchev–Trinajstić information content (AvgIpc) is 2.88. The molecule has 0 aliphatic rings. The number of rotatable bonds is 3. The van der Waals surface area contributed by atoms with Crippen LogP contribution in [0, 0.1) is 18.6 Å². The molecule has 114 valence electrons. The van der Waals surface area contributed by atoms with Gasteiger partial charge in [-0.25, -0.2) is 13.8 Å². The first-order chi connectivity index (χ1) is 10.1. The van der Waals surface area contributed by atoms with Crippen molar-refractivity contribution in [3.8, 4) is 11.1 Å². The van der Waals surface area contributed by atoms with Gasteiger partial charge in [-0.3, -0.25) is 4.98 Å². The molecule has 0 saturated heterocycles. The fourth-order valence-corrected chi connectivity index (χ4v) is 2.18. The van der Waals surface area contributed by atoms with Crippen LogP contribution in [0.2, 0.25) is 0 Å². The monoisotopic (exact) mass is 321 g/mol. The van der Waals surface area contributed by atoms with E-state index in [4.69, 9.17) is 0 Å². The van der Waals surface area contributed by atoms with Gasteiger partial charge >= 0.3 is 0 Å². The maximum absolute atomic E-state index is 13.3. The average molecular weight is 322 g/mol. The van der Waals surface area contributed by atoms with Gasteiger partial charge in [-0.15, -0.1) is 12.4 Å². The lowest BCUT2D eigenvalue weighted by molar-refractivity contribution is 0.509. The molecule has 2 heterocycles. The Balaban J connectivity index is 0.00000176. The Hall–Kier alpha value is -2.27. The van der Waals surface area contributed by atoms with Gasteiger partial charge in [0.05, 0.1) is 6.54 Å². The van der Waals surface area contributed by atoms with Gasteiger partial charge in [0.1, 0.15) is 5.82 Å². The highest BCUT2D eigenvalue weighted by Crippen LogP contribution is 2.22. The number of hydrogen-bond donors (Lipinski definition) is 0. The molecule has 0 aliphatic carbocycles. The summed E-state index contributed by atoms with van der Waals surface area (Å²) in [5, 5.41) is 0. The van der Waals surface area contributed by atoms with Crippen LogP contribution in [-0.2, 0) is 6.54 Å². The predicted octanol–water partition coefficient (Wildman–Crippen LogP) is 4.00. The van der Waals surface area contributed by atoms with E-state index in [1.54, 1.807) is 24.7 Å². The molecular weight excluding hydrogens is 308 g/mol. The molecule has 2 aromatic heterocycles. The topological polar surface area (TPSA) is 30.7 Å². The van der Waals surface area contributed by atoms with E-state index in [1.807, 2.05) is 23.8 Å². The zero-order valence-electron chi connectivity index (χ0n) is 11.8. The molecule has 3 nitrogen and oxygen atoms in total. The maximum Gasteiger partial charge on any atom is 0.159 e. The molecule has 0 atom stereocenters. The van der Waals surface area contributed by atoms with E-state index in [1.165, 1.54) is 6.07 Å². The van der Waals surface area contributed by atoms with Gasteiger partial charge in [0, 0.05) is 30.4 Å². The summed E-state index contributed by atoms with van der Waals surface area (Å²) >= 11 is 0. The van der Waals surface area contributed by atoms with Gasteiger partial charge in [0.15, 0.2) is 11.6 Å². The van der Waals surface area contributed by atoms with Crippen LogP contribution in [0.1, 0.15) is 11.4 Å². The van der Waals surface area contributed by atoms with E-state index in [-0.39, 0.29) is 12.4 Å². The van der Waals surface area contributed by atoms with E-state index >= 15 is 0 Å². The maximum atomic E-state index is 13.3. The number of nitrogens with zero attached hydrogens (tertiary/aromatic N) is 3. The van der Waals surface area contributed by atoms with Crippen LogP contribution in [0.15, 0.2) is 49.1 Å². The Morgan fingerprint density at radius 2 is 1.86 bits per heavy atom. The summed E-state index contributed by atoms with van der Waals surface area (Å²) in [7, 11) is 0. The molecule has 0 N–H and O–H groups in total. The van der Waals surface area contributed by atoms with Gasteiger partial charge in [0.25, 0.3) is 0 Å². The van der Waals surface area contributed by atoms with E-state index in [0.29, 0.717) is 12.1 Å². The first-order valence-electron chi connectivity index (χ1n) is 6.50. The number of halogens is 3. The van der Waals surface area contributed by atoms with Gasteiger partial charge in [-0.05, 0) is 36.2 Å². The molecule has 0 saturated carbocycles. The Morgan fingerprint density at radius 1 is 1.05 bits per heavy atom. The summed E-state index contributed by atoms with van der Waals surface area (Å²) in [6, 6.07) is 5.76. The lowest BCUT2D eigenvalue weighted by atomic mass is 10.1. The summed E-state index contributed by atoms with van der Waals surface area (Å²) in [6.07, 6.45) is 7.02. The van der Waals surface area contributed by atoms with Crippen molar-refractivity contribution < 1.29 is 8.78 Å². The zero-order valence-corrected chi connectivity index (χ0v) is 12.6. The van der Waals surface area contributed by atoms with Gasteiger partial charge in [-0.2, -0.15) is 0 Å². The number of imidazole rings is 1. The second kappa shape index (κ2) is 6.66. The highest BCUT2D eigenvalue weighted by molar-refractivity contribution is 5.85. The van der Waals surface area contributed by atoms with Crippen molar-refractivity contribution in [2.45, 2.75) is 13.5 Å². The van der Waals surface area contributed by atoms with Crippen molar-refractivity contribution in [2.75, 3.05) is 0 Å². The summed E-state index contributed by atoms with van der Waals surface area (Å²) in [5.74, 6) is -0.798. The van der Waals surface area contributed by atoms with Gasteiger partial charge < -0.3 is 4.57 Å². The third-order valence-corrected chi connectivity index (χ3v) is 3.32. The molecule has 0 radical (unpaired) electrons. The minimum Gasteiger partial charge on any atom is -0.331 e. The van der Waals surface area contributed by atoms with E-state index in [0.717, 1.165) is 23.0 Å². The van der Waals surface area contributed by atoms with Crippen LogP contribution in [0.25, 0.3) is 11.1 Å². The third-order valence-electron chi connectivity index (χ3n) is 3.32. The van der Waals surface area contributed by atoms with Gasteiger partial charge in [0.2, 0.25) is 0 Å². The summed E-state index contributed by atoms with van der Waals surface area (Å²) in [5.41, 5.74) is 2.33. The summed E-state index contributed by atoms with van der Waals surface area (Å²) < 4.78 is 28.3. The molecule has 6 heteroatoms. The lowest BCUT2D eigenvalue weighted by Crippen LogP contribution is -2.01. The second-order valence-electron chi connectivity index (χ2n) is 4.81. The molecule has 3 aromatic rings. The van der Waals surface area contributed by atoms with Crippen molar-refractivity contribution >= 4 is 12.4 Å². The van der Waals surface area contributed by atoms with Crippen molar-refractivity contribution in [3.63, 3.8) is 0 Å². The smallest absolute Gasteiger partial charge is 0.159 e. The quantitative estimate of drug-likeness (QED) is 0.730. The molecule has 0 bridgehead atoms. The van der Waals surface area contributed by atoms with Crippen molar-refractivity contribution in [2.24, 2.45) is 0 Å². The highest BCUT2D eigenvalue weighted by atomic mass is 35.5. The number of hydrogen-bond acceptors (Lipinski definition) is 2. The van der Waals surface area contributed by atoms with Crippen LogP contribution < -0.4 is 0 Å². The van der Waals surface area contributed by atoms with Crippen LogP contribution in [0.4, 0.5) is 8.78 Å². The zero-order chi connectivity index (χ0) is 14.8. The van der Waals surface area contributed by atoms with Crippen LogP contribution >= 0.6 is 12.4 Å². The fourth-order valence-electron chi connectivity index (χ4n) is 2.18. The fraction of sp³-hybridized carbons (Fsp3) is 0.125. The Bertz CT molecular complexity index is 787. The minimum atomic E-state index is -0.858. The molecule has 0 amide bonds. The molecule has 22 heavy (non-hydrogen) atoms. The van der Waals surface area contributed by atoms with Crippen LogP contribution in [-0.4, -0.2) is 14.5 Å². The standard InChI is InChI=1S/C16H13F2N3.ClH/c1-11-20-4-5-21(11)10-12-6-14(9-19-8-12)13-2-3-15(17)16(18)7-13;/h2-9H,10H2,1H3;1H. The number of aromatic nitrogens is 3. The Morgan fingerprint density at radius 3 is 2.55 bits per heavy atom. The Kier molecular flexibility index (Phi) is 4.88. The second-order valence-corrected chi connectivity index (χ2v) is 4.81.